The minimum Gasteiger partial charge on any atom is -0.338 e. The molecule has 3 nitrogen and oxygen atoms in total. The van der Waals surface area contributed by atoms with Crippen molar-refractivity contribution in [2.24, 2.45) is 11.8 Å². The second-order valence-corrected chi connectivity index (χ2v) is 6.50. The number of nitrogens with zero attached hydrogens (tertiary/aromatic N) is 1. The summed E-state index contributed by atoms with van der Waals surface area (Å²) < 4.78 is 0. The molecular formula is C15H19Cl3N2O. The first kappa shape index (κ1) is 16.9. The summed E-state index contributed by atoms with van der Waals surface area (Å²) in [6.07, 6.45) is 0.788. The molecule has 1 aromatic carbocycles. The fraction of sp³-hybridized carbons (Fsp3) is 0.533. The summed E-state index contributed by atoms with van der Waals surface area (Å²) in [5.41, 5.74) is 2.22. The second kappa shape index (κ2) is 6.74. The van der Waals surface area contributed by atoms with E-state index in [4.69, 9.17) is 23.2 Å². The van der Waals surface area contributed by atoms with Gasteiger partial charge in [-0.3, -0.25) is 4.79 Å². The van der Waals surface area contributed by atoms with Gasteiger partial charge in [0.15, 0.2) is 0 Å². The van der Waals surface area contributed by atoms with Gasteiger partial charge in [-0.25, -0.2) is 0 Å². The van der Waals surface area contributed by atoms with Crippen LogP contribution in [0.4, 0.5) is 0 Å². The summed E-state index contributed by atoms with van der Waals surface area (Å²) in [7, 11) is 0. The number of benzene rings is 1. The van der Waals surface area contributed by atoms with E-state index in [2.05, 4.69) is 5.32 Å². The molecule has 0 saturated carbocycles. The van der Waals surface area contributed by atoms with Gasteiger partial charge >= 0.3 is 0 Å². The zero-order valence-electron chi connectivity index (χ0n) is 11.9. The lowest BCUT2D eigenvalue weighted by Crippen LogP contribution is -2.51. The molecule has 1 fully saturated rings. The normalized spacial score (nSPS) is 19.3. The standard InChI is InChI=1S/C15H18Cl2N2O.ClH/c1-9(11-6-18-7-11)15(20)19-5-4-12-10(8-19)2-3-13(16)14(12)17;/h2-3,9,11,18H,4-8H2,1H3;1H. The molecule has 0 radical (unpaired) electrons. The Hall–Kier alpha value is -0.480. The van der Waals surface area contributed by atoms with Gasteiger partial charge in [-0.1, -0.05) is 36.2 Å². The van der Waals surface area contributed by atoms with Gasteiger partial charge < -0.3 is 10.2 Å². The maximum atomic E-state index is 12.5. The van der Waals surface area contributed by atoms with Crippen LogP contribution in [0.25, 0.3) is 0 Å². The van der Waals surface area contributed by atoms with Gasteiger partial charge in [-0.05, 0) is 42.6 Å². The largest absolute Gasteiger partial charge is 0.338 e. The van der Waals surface area contributed by atoms with Crippen LogP contribution in [0.15, 0.2) is 12.1 Å². The molecule has 3 rings (SSSR count). The summed E-state index contributed by atoms with van der Waals surface area (Å²) in [5.74, 6) is 0.839. The van der Waals surface area contributed by atoms with Crippen LogP contribution < -0.4 is 5.32 Å². The van der Waals surface area contributed by atoms with E-state index in [1.165, 1.54) is 0 Å². The van der Waals surface area contributed by atoms with Crippen LogP contribution in [0.3, 0.4) is 0 Å². The SMILES string of the molecule is CC(C(=O)N1CCc2c(ccc(Cl)c2Cl)C1)C1CNC1.Cl. The van der Waals surface area contributed by atoms with Crippen molar-refractivity contribution in [3.05, 3.63) is 33.3 Å². The zero-order chi connectivity index (χ0) is 14.3. The van der Waals surface area contributed by atoms with Gasteiger partial charge in [0.05, 0.1) is 10.0 Å². The van der Waals surface area contributed by atoms with E-state index in [0.717, 1.165) is 37.2 Å². The Morgan fingerprint density at radius 2 is 2.10 bits per heavy atom. The summed E-state index contributed by atoms with van der Waals surface area (Å²) in [4.78, 5) is 14.5. The highest BCUT2D eigenvalue weighted by Crippen LogP contribution is 2.33. The third-order valence-corrected chi connectivity index (χ3v) is 5.35. The molecule has 0 spiro atoms. The monoisotopic (exact) mass is 348 g/mol. The van der Waals surface area contributed by atoms with Crippen LogP contribution in [0.1, 0.15) is 18.1 Å². The smallest absolute Gasteiger partial charge is 0.226 e. The molecule has 1 atom stereocenters. The Morgan fingerprint density at radius 3 is 2.71 bits per heavy atom. The van der Waals surface area contributed by atoms with Crippen molar-refractivity contribution in [2.75, 3.05) is 19.6 Å². The van der Waals surface area contributed by atoms with Gasteiger partial charge in [0, 0.05) is 19.0 Å². The topological polar surface area (TPSA) is 32.3 Å². The molecule has 21 heavy (non-hydrogen) atoms. The lowest BCUT2D eigenvalue weighted by molar-refractivity contribution is -0.138. The molecule has 1 amide bonds. The molecule has 0 aliphatic carbocycles. The summed E-state index contributed by atoms with van der Waals surface area (Å²) in [5, 5.41) is 4.47. The average molecular weight is 350 g/mol. The lowest BCUT2D eigenvalue weighted by Gasteiger charge is -2.37. The minimum atomic E-state index is 0. The van der Waals surface area contributed by atoms with Crippen LogP contribution in [-0.2, 0) is 17.8 Å². The number of halogens is 3. The van der Waals surface area contributed by atoms with Crippen molar-refractivity contribution < 1.29 is 4.79 Å². The van der Waals surface area contributed by atoms with Gasteiger partial charge in [-0.15, -0.1) is 12.4 Å². The molecule has 6 heteroatoms. The quantitative estimate of drug-likeness (QED) is 0.889. The number of rotatable bonds is 2. The molecule has 1 saturated heterocycles. The molecule has 116 valence electrons. The molecule has 2 aliphatic heterocycles. The van der Waals surface area contributed by atoms with Crippen molar-refractivity contribution in [3.63, 3.8) is 0 Å². The first-order valence-corrected chi connectivity index (χ1v) is 7.78. The number of amides is 1. The Labute approximate surface area is 141 Å². The van der Waals surface area contributed by atoms with Crippen molar-refractivity contribution in [2.45, 2.75) is 19.9 Å². The highest BCUT2D eigenvalue weighted by atomic mass is 35.5. The van der Waals surface area contributed by atoms with Crippen LogP contribution in [-0.4, -0.2) is 30.4 Å². The maximum Gasteiger partial charge on any atom is 0.226 e. The van der Waals surface area contributed by atoms with E-state index >= 15 is 0 Å². The van der Waals surface area contributed by atoms with Crippen molar-refractivity contribution in [1.82, 2.24) is 10.2 Å². The fourth-order valence-electron chi connectivity index (χ4n) is 2.92. The Morgan fingerprint density at radius 1 is 1.38 bits per heavy atom. The van der Waals surface area contributed by atoms with Crippen molar-refractivity contribution in [1.29, 1.82) is 0 Å². The first-order chi connectivity index (χ1) is 9.58. The highest BCUT2D eigenvalue weighted by molar-refractivity contribution is 6.42. The molecule has 0 aromatic heterocycles. The fourth-order valence-corrected chi connectivity index (χ4v) is 3.38. The minimum absolute atomic E-state index is 0. The number of hydrogen-bond acceptors (Lipinski definition) is 2. The Bertz CT molecular complexity index is 546. The lowest BCUT2D eigenvalue weighted by atomic mass is 9.87. The van der Waals surface area contributed by atoms with E-state index in [1.54, 1.807) is 0 Å². The van der Waals surface area contributed by atoms with E-state index < -0.39 is 0 Å². The Kier molecular flexibility index (Phi) is 5.42. The maximum absolute atomic E-state index is 12.5. The third-order valence-electron chi connectivity index (χ3n) is 4.51. The molecule has 1 unspecified atom stereocenters. The first-order valence-electron chi connectivity index (χ1n) is 7.03. The number of fused-ring (bicyclic) bond motifs is 1. The van der Waals surface area contributed by atoms with E-state index in [-0.39, 0.29) is 24.2 Å². The number of nitrogens with one attached hydrogen (secondary N) is 1. The second-order valence-electron chi connectivity index (χ2n) is 5.72. The molecule has 0 bridgehead atoms. The number of carbonyl (C=O) groups is 1. The molecule has 1 aromatic rings. The highest BCUT2D eigenvalue weighted by Gasteiger charge is 2.33. The summed E-state index contributed by atoms with van der Waals surface area (Å²) >= 11 is 12.3. The summed E-state index contributed by atoms with van der Waals surface area (Å²) in [6, 6.07) is 3.80. The molecule has 2 aliphatic rings. The van der Waals surface area contributed by atoms with E-state index in [1.807, 2.05) is 24.0 Å². The van der Waals surface area contributed by atoms with Crippen molar-refractivity contribution >= 4 is 41.5 Å². The van der Waals surface area contributed by atoms with Gasteiger partial charge in [0.25, 0.3) is 0 Å². The van der Waals surface area contributed by atoms with Crippen LogP contribution in [0.2, 0.25) is 10.0 Å². The van der Waals surface area contributed by atoms with Crippen LogP contribution in [0, 0.1) is 11.8 Å². The van der Waals surface area contributed by atoms with Crippen molar-refractivity contribution in [3.8, 4) is 0 Å². The third kappa shape index (κ3) is 3.16. The van der Waals surface area contributed by atoms with Crippen LogP contribution >= 0.6 is 35.6 Å². The molecular weight excluding hydrogens is 331 g/mol. The number of hydrogen-bond donors (Lipinski definition) is 1. The molecule has 2 heterocycles. The zero-order valence-corrected chi connectivity index (χ0v) is 14.2. The number of carbonyl (C=O) groups excluding carboxylic acids is 1. The molecule has 1 N–H and O–H groups in total. The summed E-state index contributed by atoms with van der Waals surface area (Å²) in [6.45, 7) is 5.33. The van der Waals surface area contributed by atoms with Gasteiger partial charge in [0.1, 0.15) is 0 Å². The van der Waals surface area contributed by atoms with E-state index in [0.29, 0.717) is 22.5 Å². The van der Waals surface area contributed by atoms with E-state index in [9.17, 15) is 4.79 Å². The predicted octanol–water partition coefficient (Wildman–Crippen LogP) is 3.16. The predicted molar refractivity (Wildman–Crippen MR) is 88.4 cm³/mol. The van der Waals surface area contributed by atoms with Crippen LogP contribution in [0.5, 0.6) is 0 Å². The van der Waals surface area contributed by atoms with Gasteiger partial charge in [0.2, 0.25) is 5.91 Å². The van der Waals surface area contributed by atoms with Gasteiger partial charge in [-0.2, -0.15) is 0 Å². The average Bonchev–Trinajstić information content (AvgIpc) is 2.40. The Balaban J connectivity index is 0.00000161.